The number of carbonyl (C=O) groups is 2. The fourth-order valence-electron chi connectivity index (χ4n) is 1.73. The van der Waals surface area contributed by atoms with Crippen LogP contribution in [0.2, 0.25) is 5.02 Å². The van der Waals surface area contributed by atoms with Crippen LogP contribution in [0.3, 0.4) is 0 Å². The molecule has 0 saturated carbocycles. The van der Waals surface area contributed by atoms with Gasteiger partial charge in [-0.15, -0.1) is 0 Å². The molecule has 24 heavy (non-hydrogen) atoms. The van der Waals surface area contributed by atoms with E-state index in [1.807, 2.05) is 0 Å². The summed E-state index contributed by atoms with van der Waals surface area (Å²) in [7, 11) is -3.85. The molecule has 134 valence electrons. The highest BCUT2D eigenvalue weighted by atomic mass is 35.5. The van der Waals surface area contributed by atoms with E-state index in [0.29, 0.717) is 5.02 Å². The fourth-order valence-corrected chi connectivity index (χ4v) is 3.06. The lowest BCUT2D eigenvalue weighted by atomic mass is 9.90. The third kappa shape index (κ3) is 5.77. The van der Waals surface area contributed by atoms with E-state index in [2.05, 4.69) is 10.0 Å². The Morgan fingerprint density at radius 1 is 1.25 bits per heavy atom. The molecule has 1 aromatic carbocycles. The maximum absolute atomic E-state index is 12.2. The van der Waals surface area contributed by atoms with Crippen molar-refractivity contribution in [2.45, 2.75) is 38.1 Å². The van der Waals surface area contributed by atoms with Crippen LogP contribution in [0.5, 0.6) is 0 Å². The third-order valence-corrected chi connectivity index (χ3v) is 5.29. The van der Waals surface area contributed by atoms with Gasteiger partial charge < -0.3 is 10.4 Å². The minimum Gasteiger partial charge on any atom is -0.481 e. The van der Waals surface area contributed by atoms with Crippen molar-refractivity contribution in [1.29, 1.82) is 0 Å². The Labute approximate surface area is 146 Å². The summed E-state index contributed by atoms with van der Waals surface area (Å²) in [5.41, 5.74) is -0.973. The Morgan fingerprint density at radius 3 is 2.29 bits per heavy atom. The molecule has 0 aromatic heterocycles. The number of hydrogen-bond acceptors (Lipinski definition) is 4. The molecule has 7 nitrogen and oxygen atoms in total. The summed E-state index contributed by atoms with van der Waals surface area (Å²) in [6.45, 7) is 4.64. The van der Waals surface area contributed by atoms with Gasteiger partial charge >= 0.3 is 5.97 Å². The molecule has 9 heteroatoms. The molecule has 3 N–H and O–H groups in total. The molecular weight excluding hydrogens is 356 g/mol. The molecule has 0 saturated heterocycles. The first-order chi connectivity index (χ1) is 11.0. The standard InChI is InChI=1S/C15H21ClN2O5S/c1-10(13(19)17-9-8-15(2,3)14(20)21)18-24(22,23)12-6-4-11(16)5-7-12/h4-7,10,18H,8-9H2,1-3H3,(H,17,19)(H,20,21). The van der Waals surface area contributed by atoms with Crippen LogP contribution in [0.1, 0.15) is 27.2 Å². The minimum atomic E-state index is -3.85. The molecule has 0 radical (unpaired) electrons. The van der Waals surface area contributed by atoms with Gasteiger partial charge in [-0.25, -0.2) is 8.42 Å². The molecule has 0 bridgehead atoms. The Balaban J connectivity index is 2.60. The first-order valence-corrected chi connectivity index (χ1v) is 9.11. The van der Waals surface area contributed by atoms with E-state index in [9.17, 15) is 18.0 Å². The predicted octanol–water partition coefficient (Wildman–Crippen LogP) is 1.62. The highest BCUT2D eigenvalue weighted by Crippen LogP contribution is 2.19. The fraction of sp³-hybridized carbons (Fsp3) is 0.467. The molecule has 1 aromatic rings. The SMILES string of the molecule is CC(NS(=O)(=O)c1ccc(Cl)cc1)C(=O)NCCC(C)(C)C(=O)O. The second-order valence-electron chi connectivity index (χ2n) is 6.03. The van der Waals surface area contributed by atoms with Gasteiger partial charge in [-0.1, -0.05) is 11.6 Å². The van der Waals surface area contributed by atoms with E-state index < -0.39 is 33.4 Å². The molecule has 0 heterocycles. The van der Waals surface area contributed by atoms with E-state index in [4.69, 9.17) is 16.7 Å². The third-order valence-electron chi connectivity index (χ3n) is 3.48. The number of amides is 1. The van der Waals surface area contributed by atoms with Crippen molar-refractivity contribution < 1.29 is 23.1 Å². The minimum absolute atomic E-state index is 0.00133. The van der Waals surface area contributed by atoms with Crippen LogP contribution >= 0.6 is 11.6 Å². The summed E-state index contributed by atoms with van der Waals surface area (Å²) >= 11 is 5.71. The van der Waals surface area contributed by atoms with Gasteiger partial charge in [-0.05, 0) is 51.5 Å². The summed E-state index contributed by atoms with van der Waals surface area (Å²) in [5.74, 6) is -1.50. The van der Waals surface area contributed by atoms with E-state index in [0.717, 1.165) is 0 Å². The molecule has 1 atom stereocenters. The van der Waals surface area contributed by atoms with Crippen molar-refractivity contribution in [3.63, 3.8) is 0 Å². The molecule has 0 aliphatic heterocycles. The molecule has 0 aliphatic carbocycles. The number of rotatable bonds is 8. The predicted molar refractivity (Wildman–Crippen MR) is 90.3 cm³/mol. The van der Waals surface area contributed by atoms with Gasteiger partial charge in [0.05, 0.1) is 16.4 Å². The number of carbonyl (C=O) groups excluding carboxylic acids is 1. The van der Waals surface area contributed by atoms with Crippen LogP contribution in [0, 0.1) is 5.41 Å². The number of benzene rings is 1. The van der Waals surface area contributed by atoms with Gasteiger partial charge in [0.2, 0.25) is 15.9 Å². The summed E-state index contributed by atoms with van der Waals surface area (Å²) in [5, 5.41) is 11.9. The normalized spacial score (nSPS) is 13.3. The monoisotopic (exact) mass is 376 g/mol. The maximum atomic E-state index is 12.2. The van der Waals surface area contributed by atoms with Crippen molar-refractivity contribution >= 4 is 33.5 Å². The van der Waals surface area contributed by atoms with Crippen LogP contribution < -0.4 is 10.0 Å². The smallest absolute Gasteiger partial charge is 0.309 e. The van der Waals surface area contributed by atoms with Gasteiger partial charge in [0.25, 0.3) is 0 Å². The highest BCUT2D eigenvalue weighted by Gasteiger charge is 2.27. The molecule has 0 spiro atoms. The van der Waals surface area contributed by atoms with Crippen LogP contribution in [-0.2, 0) is 19.6 Å². The molecule has 0 aliphatic rings. The van der Waals surface area contributed by atoms with Crippen LogP contribution in [0.25, 0.3) is 0 Å². The summed E-state index contributed by atoms with van der Waals surface area (Å²) in [6.07, 6.45) is 0.227. The summed E-state index contributed by atoms with van der Waals surface area (Å²) in [6, 6.07) is 4.55. The van der Waals surface area contributed by atoms with Gasteiger partial charge in [0, 0.05) is 11.6 Å². The second kappa shape index (κ2) is 7.96. The van der Waals surface area contributed by atoms with E-state index >= 15 is 0 Å². The Kier molecular flexibility index (Phi) is 6.76. The Bertz CT molecular complexity index is 701. The number of sulfonamides is 1. The zero-order chi connectivity index (χ0) is 18.5. The summed E-state index contributed by atoms with van der Waals surface area (Å²) < 4.78 is 26.6. The lowest BCUT2D eigenvalue weighted by Crippen LogP contribution is -2.45. The van der Waals surface area contributed by atoms with E-state index in [-0.39, 0.29) is 17.9 Å². The largest absolute Gasteiger partial charge is 0.481 e. The quantitative estimate of drug-likeness (QED) is 0.638. The summed E-state index contributed by atoms with van der Waals surface area (Å²) in [4.78, 5) is 22.9. The Hall–Kier alpha value is -1.64. The number of hydrogen-bond donors (Lipinski definition) is 3. The maximum Gasteiger partial charge on any atom is 0.309 e. The van der Waals surface area contributed by atoms with Crippen molar-refractivity contribution in [1.82, 2.24) is 10.0 Å². The van der Waals surface area contributed by atoms with Crippen LogP contribution in [-0.4, -0.2) is 38.0 Å². The molecule has 1 amide bonds. The van der Waals surface area contributed by atoms with Gasteiger partial charge in [0.1, 0.15) is 0 Å². The second-order valence-corrected chi connectivity index (χ2v) is 8.18. The molecule has 0 fully saturated rings. The first kappa shape index (κ1) is 20.4. The Morgan fingerprint density at radius 2 is 1.79 bits per heavy atom. The van der Waals surface area contributed by atoms with E-state index in [1.54, 1.807) is 13.8 Å². The number of carboxylic acid groups (broad SMARTS) is 1. The number of carboxylic acids is 1. The van der Waals surface area contributed by atoms with Crippen LogP contribution in [0.15, 0.2) is 29.2 Å². The molecular formula is C15H21ClN2O5S. The van der Waals surface area contributed by atoms with Crippen molar-refractivity contribution in [2.75, 3.05) is 6.54 Å². The van der Waals surface area contributed by atoms with Crippen molar-refractivity contribution in [2.24, 2.45) is 5.41 Å². The molecule has 1 rings (SSSR count). The average Bonchev–Trinajstić information content (AvgIpc) is 2.46. The molecule has 1 unspecified atom stereocenters. The highest BCUT2D eigenvalue weighted by molar-refractivity contribution is 7.89. The van der Waals surface area contributed by atoms with E-state index in [1.165, 1.54) is 31.2 Å². The lowest BCUT2D eigenvalue weighted by Gasteiger charge is -2.20. The first-order valence-electron chi connectivity index (χ1n) is 7.25. The lowest BCUT2D eigenvalue weighted by molar-refractivity contribution is -0.147. The van der Waals surface area contributed by atoms with Crippen LogP contribution in [0.4, 0.5) is 0 Å². The number of halogens is 1. The average molecular weight is 377 g/mol. The van der Waals surface area contributed by atoms with Gasteiger partial charge in [-0.3, -0.25) is 9.59 Å². The van der Waals surface area contributed by atoms with Gasteiger partial charge in [-0.2, -0.15) is 4.72 Å². The number of nitrogens with one attached hydrogen (secondary N) is 2. The van der Waals surface area contributed by atoms with Crippen molar-refractivity contribution in [3.8, 4) is 0 Å². The number of aliphatic carboxylic acids is 1. The topological polar surface area (TPSA) is 113 Å². The zero-order valence-corrected chi connectivity index (χ0v) is 15.2. The van der Waals surface area contributed by atoms with Crippen molar-refractivity contribution in [3.05, 3.63) is 29.3 Å². The van der Waals surface area contributed by atoms with Gasteiger partial charge in [0.15, 0.2) is 0 Å². The zero-order valence-electron chi connectivity index (χ0n) is 13.7.